The fourth-order valence-electron chi connectivity index (χ4n) is 1.46. The van der Waals surface area contributed by atoms with Gasteiger partial charge in [0.2, 0.25) is 0 Å². The summed E-state index contributed by atoms with van der Waals surface area (Å²) in [7, 11) is 0. The number of anilines is 1. The number of aromatic nitrogens is 1. The van der Waals surface area contributed by atoms with Crippen molar-refractivity contribution < 1.29 is 4.79 Å². The molecule has 0 aliphatic heterocycles. The highest BCUT2D eigenvalue weighted by Gasteiger charge is 2.08. The summed E-state index contributed by atoms with van der Waals surface area (Å²) in [6, 6.07) is 5.68. The monoisotopic (exact) mass is 247 g/mol. The molecular formula is C12H13N3OS. The van der Waals surface area contributed by atoms with Gasteiger partial charge < -0.3 is 11.1 Å². The maximum atomic E-state index is 11.8. The molecule has 88 valence electrons. The topological polar surface area (TPSA) is 68.0 Å². The lowest BCUT2D eigenvalue weighted by Gasteiger charge is -2.06. The molecule has 0 bridgehead atoms. The Labute approximate surface area is 103 Å². The van der Waals surface area contributed by atoms with Gasteiger partial charge >= 0.3 is 0 Å². The fourth-order valence-corrected chi connectivity index (χ4v) is 2.17. The Balaban J connectivity index is 1.88. The maximum Gasteiger partial charge on any atom is 0.253 e. The minimum atomic E-state index is -0.151. The number of hydrogen-bond donors (Lipinski definition) is 2. The van der Waals surface area contributed by atoms with Crippen molar-refractivity contribution in [1.29, 1.82) is 0 Å². The van der Waals surface area contributed by atoms with Crippen molar-refractivity contribution >= 4 is 22.9 Å². The third-order valence-corrected chi connectivity index (χ3v) is 3.27. The highest BCUT2D eigenvalue weighted by atomic mass is 32.1. The SMILES string of the molecule is Nc1cnccc1C(=O)NCCc1cccs1. The van der Waals surface area contributed by atoms with Gasteiger partial charge in [-0.2, -0.15) is 0 Å². The second kappa shape index (κ2) is 5.45. The molecule has 0 saturated heterocycles. The van der Waals surface area contributed by atoms with Gasteiger partial charge in [0, 0.05) is 17.6 Å². The zero-order valence-electron chi connectivity index (χ0n) is 9.22. The second-order valence-electron chi connectivity index (χ2n) is 3.55. The number of carbonyl (C=O) groups is 1. The van der Waals surface area contributed by atoms with Gasteiger partial charge in [-0.15, -0.1) is 11.3 Å². The van der Waals surface area contributed by atoms with Crippen molar-refractivity contribution in [3.8, 4) is 0 Å². The van der Waals surface area contributed by atoms with E-state index in [1.54, 1.807) is 23.6 Å². The Kier molecular flexibility index (Phi) is 3.72. The molecule has 2 aromatic heterocycles. The van der Waals surface area contributed by atoms with E-state index in [1.807, 2.05) is 11.4 Å². The van der Waals surface area contributed by atoms with Crippen LogP contribution in [-0.4, -0.2) is 17.4 Å². The molecule has 0 unspecified atom stereocenters. The molecule has 0 radical (unpaired) electrons. The van der Waals surface area contributed by atoms with Crippen LogP contribution >= 0.6 is 11.3 Å². The number of carbonyl (C=O) groups excluding carboxylic acids is 1. The number of hydrogen-bond acceptors (Lipinski definition) is 4. The molecule has 0 atom stereocenters. The normalized spacial score (nSPS) is 10.1. The molecule has 2 rings (SSSR count). The lowest BCUT2D eigenvalue weighted by molar-refractivity contribution is 0.0955. The second-order valence-corrected chi connectivity index (χ2v) is 4.58. The number of rotatable bonds is 4. The average Bonchev–Trinajstić information content (AvgIpc) is 2.82. The Bertz CT molecular complexity index is 496. The van der Waals surface area contributed by atoms with Gasteiger partial charge in [-0.1, -0.05) is 6.07 Å². The third-order valence-electron chi connectivity index (χ3n) is 2.33. The molecule has 5 heteroatoms. The Morgan fingerprint density at radius 1 is 1.47 bits per heavy atom. The molecule has 3 N–H and O–H groups in total. The Morgan fingerprint density at radius 3 is 3.06 bits per heavy atom. The molecule has 0 aromatic carbocycles. The Morgan fingerprint density at radius 2 is 2.35 bits per heavy atom. The third kappa shape index (κ3) is 3.04. The summed E-state index contributed by atoms with van der Waals surface area (Å²) in [5.41, 5.74) is 6.55. The molecular weight excluding hydrogens is 234 g/mol. The zero-order valence-corrected chi connectivity index (χ0v) is 10.0. The molecule has 0 fully saturated rings. The lowest BCUT2D eigenvalue weighted by Crippen LogP contribution is -2.26. The number of amides is 1. The Hall–Kier alpha value is -1.88. The highest BCUT2D eigenvalue weighted by Crippen LogP contribution is 2.10. The van der Waals surface area contributed by atoms with Gasteiger partial charge in [0.05, 0.1) is 17.4 Å². The molecule has 2 aromatic rings. The van der Waals surface area contributed by atoms with E-state index in [0.29, 0.717) is 17.8 Å². The zero-order chi connectivity index (χ0) is 12.1. The van der Waals surface area contributed by atoms with Crippen LogP contribution in [0.15, 0.2) is 36.0 Å². The highest BCUT2D eigenvalue weighted by molar-refractivity contribution is 7.09. The summed E-state index contributed by atoms with van der Waals surface area (Å²) in [6.07, 6.45) is 3.88. The molecule has 0 aliphatic rings. The molecule has 1 amide bonds. The number of nitrogens with two attached hydrogens (primary N) is 1. The van der Waals surface area contributed by atoms with E-state index in [4.69, 9.17) is 5.73 Å². The van der Waals surface area contributed by atoms with Crippen molar-refractivity contribution in [3.63, 3.8) is 0 Å². The van der Waals surface area contributed by atoms with E-state index < -0.39 is 0 Å². The first-order chi connectivity index (χ1) is 8.27. The van der Waals surface area contributed by atoms with Gasteiger partial charge in [-0.3, -0.25) is 9.78 Å². The number of nitrogens with one attached hydrogen (secondary N) is 1. The first-order valence-corrected chi connectivity index (χ1v) is 6.15. The van der Waals surface area contributed by atoms with E-state index in [-0.39, 0.29) is 5.91 Å². The molecule has 0 aliphatic carbocycles. The summed E-state index contributed by atoms with van der Waals surface area (Å²) in [5, 5.41) is 4.86. The van der Waals surface area contributed by atoms with E-state index in [1.165, 1.54) is 11.1 Å². The van der Waals surface area contributed by atoms with Crippen LogP contribution in [-0.2, 0) is 6.42 Å². The van der Waals surface area contributed by atoms with Gasteiger partial charge in [0.15, 0.2) is 0 Å². The van der Waals surface area contributed by atoms with Crippen LogP contribution in [0.5, 0.6) is 0 Å². The summed E-state index contributed by atoms with van der Waals surface area (Å²) in [6.45, 7) is 0.612. The predicted molar refractivity (Wildman–Crippen MR) is 69.0 cm³/mol. The molecule has 17 heavy (non-hydrogen) atoms. The van der Waals surface area contributed by atoms with Crippen molar-refractivity contribution in [2.45, 2.75) is 6.42 Å². The van der Waals surface area contributed by atoms with E-state index in [2.05, 4.69) is 16.4 Å². The van der Waals surface area contributed by atoms with Crippen LogP contribution < -0.4 is 11.1 Å². The number of thiophene rings is 1. The summed E-state index contributed by atoms with van der Waals surface area (Å²) in [4.78, 5) is 16.9. The van der Waals surface area contributed by atoms with Gasteiger partial charge in [-0.25, -0.2) is 0 Å². The van der Waals surface area contributed by atoms with Crippen LogP contribution in [0.1, 0.15) is 15.2 Å². The number of nitrogen functional groups attached to an aromatic ring is 1. The van der Waals surface area contributed by atoms with E-state index in [9.17, 15) is 4.79 Å². The minimum Gasteiger partial charge on any atom is -0.397 e. The van der Waals surface area contributed by atoms with Crippen LogP contribution in [0.3, 0.4) is 0 Å². The molecule has 0 spiro atoms. The van der Waals surface area contributed by atoms with Crippen molar-refractivity contribution in [1.82, 2.24) is 10.3 Å². The van der Waals surface area contributed by atoms with Crippen molar-refractivity contribution in [3.05, 3.63) is 46.4 Å². The van der Waals surface area contributed by atoms with Crippen molar-refractivity contribution in [2.24, 2.45) is 0 Å². The van der Waals surface area contributed by atoms with E-state index in [0.717, 1.165) is 6.42 Å². The quantitative estimate of drug-likeness (QED) is 0.864. The molecule has 2 heterocycles. The lowest BCUT2D eigenvalue weighted by atomic mass is 10.2. The van der Waals surface area contributed by atoms with Crippen LogP contribution in [0, 0.1) is 0 Å². The first kappa shape index (κ1) is 11.6. The van der Waals surface area contributed by atoms with Crippen molar-refractivity contribution in [2.75, 3.05) is 12.3 Å². The smallest absolute Gasteiger partial charge is 0.253 e. The summed E-state index contributed by atoms with van der Waals surface area (Å²) >= 11 is 1.69. The number of pyridine rings is 1. The van der Waals surface area contributed by atoms with Crippen LogP contribution in [0.2, 0.25) is 0 Å². The maximum absolute atomic E-state index is 11.8. The predicted octanol–water partition coefficient (Wildman–Crippen LogP) is 1.70. The largest absolute Gasteiger partial charge is 0.397 e. The standard InChI is InChI=1S/C12H13N3OS/c13-11-8-14-5-4-10(11)12(16)15-6-3-9-2-1-7-17-9/h1-2,4-5,7-8H,3,6,13H2,(H,15,16). The summed E-state index contributed by atoms with van der Waals surface area (Å²) in [5.74, 6) is -0.151. The molecule has 4 nitrogen and oxygen atoms in total. The van der Waals surface area contributed by atoms with Gasteiger partial charge in [0.1, 0.15) is 0 Å². The summed E-state index contributed by atoms with van der Waals surface area (Å²) < 4.78 is 0. The van der Waals surface area contributed by atoms with E-state index >= 15 is 0 Å². The van der Waals surface area contributed by atoms with Gasteiger partial charge in [-0.05, 0) is 23.9 Å². The van der Waals surface area contributed by atoms with Crippen LogP contribution in [0.25, 0.3) is 0 Å². The first-order valence-electron chi connectivity index (χ1n) is 5.27. The van der Waals surface area contributed by atoms with Gasteiger partial charge in [0.25, 0.3) is 5.91 Å². The fraction of sp³-hybridized carbons (Fsp3) is 0.167. The minimum absolute atomic E-state index is 0.151. The average molecular weight is 247 g/mol. The number of nitrogens with zero attached hydrogens (tertiary/aromatic N) is 1. The van der Waals surface area contributed by atoms with Crippen LogP contribution in [0.4, 0.5) is 5.69 Å². The molecule has 0 saturated carbocycles.